The Hall–Kier alpha value is -2.15. The quantitative estimate of drug-likeness (QED) is 0.370. The molecule has 28 heavy (non-hydrogen) atoms. The van der Waals surface area contributed by atoms with E-state index in [1.165, 1.54) is 11.1 Å². The highest BCUT2D eigenvalue weighted by Crippen LogP contribution is 2.32. The zero-order chi connectivity index (χ0) is 19.8. The van der Waals surface area contributed by atoms with Crippen LogP contribution in [-0.4, -0.2) is 40.5 Å². The van der Waals surface area contributed by atoms with Gasteiger partial charge < -0.3 is 14.0 Å². The van der Waals surface area contributed by atoms with Crippen LogP contribution >= 0.6 is 11.8 Å². The lowest BCUT2D eigenvalue weighted by atomic mass is 9.90. The first-order chi connectivity index (χ1) is 13.8. The first kappa shape index (κ1) is 20.6. The summed E-state index contributed by atoms with van der Waals surface area (Å²) in [5, 5.41) is 9.90. The molecular weight excluding hydrogens is 370 g/mol. The maximum Gasteiger partial charge on any atom is 0.191 e. The molecule has 0 aliphatic carbocycles. The van der Waals surface area contributed by atoms with Crippen LogP contribution in [0.5, 0.6) is 0 Å². The smallest absolute Gasteiger partial charge is 0.191 e. The van der Waals surface area contributed by atoms with Gasteiger partial charge in [0, 0.05) is 13.2 Å². The molecule has 1 heterocycles. The fourth-order valence-corrected chi connectivity index (χ4v) is 3.80. The van der Waals surface area contributed by atoms with Crippen LogP contribution in [0.3, 0.4) is 0 Å². The topological polar surface area (TPSA) is 49.2 Å². The summed E-state index contributed by atoms with van der Waals surface area (Å²) in [7, 11) is 0. The maximum atomic E-state index is 5.79. The number of nitrogens with zero attached hydrogens (tertiary/aromatic N) is 3. The molecule has 0 atom stereocenters. The number of ether oxygens (including phenoxy) is 2. The van der Waals surface area contributed by atoms with E-state index in [4.69, 9.17) is 9.47 Å². The number of benzene rings is 2. The summed E-state index contributed by atoms with van der Waals surface area (Å²) in [4.78, 5) is 0. The van der Waals surface area contributed by atoms with Crippen molar-refractivity contribution in [3.63, 3.8) is 0 Å². The van der Waals surface area contributed by atoms with Gasteiger partial charge in [-0.3, -0.25) is 0 Å². The van der Waals surface area contributed by atoms with Crippen molar-refractivity contribution in [3.8, 4) is 0 Å². The van der Waals surface area contributed by atoms with Gasteiger partial charge in [-0.25, -0.2) is 0 Å². The van der Waals surface area contributed by atoms with Gasteiger partial charge >= 0.3 is 0 Å². The molecule has 0 radical (unpaired) electrons. The fraction of sp³-hybridized carbons (Fsp3) is 0.364. The van der Waals surface area contributed by atoms with Gasteiger partial charge in [0.1, 0.15) is 5.82 Å². The molecule has 1 aromatic heterocycles. The van der Waals surface area contributed by atoms with Gasteiger partial charge in [0.25, 0.3) is 0 Å². The first-order valence-electron chi connectivity index (χ1n) is 9.58. The standard InChI is InChI=1S/C22H27N3O2S/c1-4-26-19(27-5-2)16-25-21(23-24-22(25)28-3)20(17-12-8-6-9-13-17)18-14-10-7-11-15-18/h6-15,19-20H,4-5,16H2,1-3H3. The van der Waals surface area contributed by atoms with Crippen molar-refractivity contribution in [2.24, 2.45) is 0 Å². The van der Waals surface area contributed by atoms with Crippen LogP contribution in [0.4, 0.5) is 0 Å². The first-order valence-corrected chi connectivity index (χ1v) is 10.8. The Labute approximate surface area is 171 Å². The van der Waals surface area contributed by atoms with E-state index >= 15 is 0 Å². The molecular formula is C22H27N3O2S. The molecule has 0 bridgehead atoms. The average Bonchev–Trinajstić information content (AvgIpc) is 3.12. The molecule has 0 amide bonds. The van der Waals surface area contributed by atoms with Gasteiger partial charge in [-0.15, -0.1) is 10.2 Å². The van der Waals surface area contributed by atoms with E-state index < -0.39 is 0 Å². The minimum atomic E-state index is -0.331. The molecule has 6 heteroatoms. The lowest BCUT2D eigenvalue weighted by molar-refractivity contribution is -0.144. The fourth-order valence-electron chi connectivity index (χ4n) is 3.29. The van der Waals surface area contributed by atoms with Gasteiger partial charge in [-0.2, -0.15) is 0 Å². The van der Waals surface area contributed by atoms with Crippen LogP contribution in [0, 0.1) is 0 Å². The molecule has 148 valence electrons. The van der Waals surface area contributed by atoms with E-state index in [2.05, 4.69) is 63.3 Å². The summed E-state index contributed by atoms with van der Waals surface area (Å²) >= 11 is 1.58. The molecule has 3 rings (SSSR count). The van der Waals surface area contributed by atoms with Crippen LogP contribution in [0.25, 0.3) is 0 Å². The van der Waals surface area contributed by atoms with Gasteiger partial charge in [0.05, 0.1) is 12.5 Å². The molecule has 3 aromatic rings. The predicted molar refractivity (Wildman–Crippen MR) is 113 cm³/mol. The average molecular weight is 398 g/mol. The lowest BCUT2D eigenvalue weighted by Crippen LogP contribution is -2.26. The Morgan fingerprint density at radius 3 is 1.86 bits per heavy atom. The third kappa shape index (κ3) is 4.82. The molecule has 0 saturated carbocycles. The summed E-state index contributed by atoms with van der Waals surface area (Å²) in [6.45, 7) is 5.70. The number of hydrogen-bond donors (Lipinski definition) is 0. The summed E-state index contributed by atoms with van der Waals surface area (Å²) in [6.07, 6.45) is 1.68. The van der Waals surface area contributed by atoms with Gasteiger partial charge in [0.2, 0.25) is 0 Å². The molecule has 5 nitrogen and oxygen atoms in total. The molecule has 2 aromatic carbocycles. The monoisotopic (exact) mass is 397 g/mol. The Kier molecular flexibility index (Phi) is 7.65. The molecule has 0 N–H and O–H groups in total. The second-order valence-corrected chi connectivity index (χ2v) is 7.02. The third-order valence-corrected chi connectivity index (χ3v) is 5.16. The van der Waals surface area contributed by atoms with Crippen molar-refractivity contribution in [2.45, 2.75) is 37.8 Å². The van der Waals surface area contributed by atoms with Crippen molar-refractivity contribution in [1.82, 2.24) is 14.8 Å². The molecule has 0 saturated heterocycles. The normalized spacial score (nSPS) is 11.5. The zero-order valence-corrected chi connectivity index (χ0v) is 17.4. The van der Waals surface area contributed by atoms with Crippen LogP contribution in [0.15, 0.2) is 65.8 Å². The maximum absolute atomic E-state index is 5.79. The van der Waals surface area contributed by atoms with E-state index in [0.717, 1.165) is 11.0 Å². The van der Waals surface area contributed by atoms with Crippen LogP contribution < -0.4 is 0 Å². The van der Waals surface area contributed by atoms with Crippen molar-refractivity contribution < 1.29 is 9.47 Å². The molecule has 0 aliphatic heterocycles. The van der Waals surface area contributed by atoms with E-state index in [9.17, 15) is 0 Å². The summed E-state index contributed by atoms with van der Waals surface area (Å²) in [5.74, 6) is 0.880. The Bertz CT molecular complexity index is 794. The second kappa shape index (κ2) is 10.4. The van der Waals surface area contributed by atoms with Crippen LogP contribution in [0.1, 0.15) is 36.7 Å². The van der Waals surface area contributed by atoms with E-state index in [1.54, 1.807) is 11.8 Å². The van der Waals surface area contributed by atoms with Gasteiger partial charge in [-0.05, 0) is 31.2 Å². The largest absolute Gasteiger partial charge is 0.351 e. The molecule has 0 fully saturated rings. The molecule has 0 unspecified atom stereocenters. The summed E-state index contributed by atoms with van der Waals surface area (Å²) in [6, 6.07) is 20.9. The van der Waals surface area contributed by atoms with Crippen molar-refractivity contribution >= 4 is 11.8 Å². The highest BCUT2D eigenvalue weighted by atomic mass is 32.2. The Morgan fingerprint density at radius 2 is 1.39 bits per heavy atom. The predicted octanol–water partition coefficient (Wildman–Crippen LogP) is 4.58. The zero-order valence-electron chi connectivity index (χ0n) is 16.6. The lowest BCUT2D eigenvalue weighted by Gasteiger charge is -2.23. The van der Waals surface area contributed by atoms with Gasteiger partial charge in [-0.1, -0.05) is 72.4 Å². The number of hydrogen-bond acceptors (Lipinski definition) is 5. The molecule has 0 aliphatic rings. The van der Waals surface area contributed by atoms with Crippen molar-refractivity contribution in [1.29, 1.82) is 0 Å². The number of aromatic nitrogens is 3. The minimum Gasteiger partial charge on any atom is -0.351 e. The summed E-state index contributed by atoms with van der Waals surface area (Å²) < 4.78 is 13.7. The number of rotatable bonds is 10. The van der Waals surface area contributed by atoms with Crippen molar-refractivity contribution in [2.75, 3.05) is 19.5 Å². The van der Waals surface area contributed by atoms with Gasteiger partial charge in [0.15, 0.2) is 11.4 Å². The van der Waals surface area contributed by atoms with Crippen molar-refractivity contribution in [3.05, 3.63) is 77.6 Å². The van der Waals surface area contributed by atoms with Crippen LogP contribution in [-0.2, 0) is 16.0 Å². The summed E-state index contributed by atoms with van der Waals surface area (Å²) in [5.41, 5.74) is 2.36. The van der Waals surface area contributed by atoms with Crippen LogP contribution in [0.2, 0.25) is 0 Å². The second-order valence-electron chi connectivity index (χ2n) is 6.25. The SMILES string of the molecule is CCOC(Cn1c(SC)nnc1C(c1ccccc1)c1ccccc1)OCC. The highest BCUT2D eigenvalue weighted by Gasteiger charge is 2.26. The number of thioether (sulfide) groups is 1. The third-order valence-electron chi connectivity index (χ3n) is 4.49. The van der Waals surface area contributed by atoms with E-state index in [-0.39, 0.29) is 12.2 Å². The minimum absolute atomic E-state index is 0.0142. The van der Waals surface area contributed by atoms with E-state index in [0.29, 0.717) is 19.8 Å². The molecule has 0 spiro atoms. The Balaban J connectivity index is 2.07. The Morgan fingerprint density at radius 1 is 0.857 bits per heavy atom. The highest BCUT2D eigenvalue weighted by molar-refractivity contribution is 7.98. The van der Waals surface area contributed by atoms with E-state index in [1.807, 2.05) is 32.2 Å².